The van der Waals surface area contributed by atoms with E-state index in [0.717, 1.165) is 25.5 Å². The summed E-state index contributed by atoms with van der Waals surface area (Å²) in [7, 11) is -2.67. The molecule has 242 valence electrons. The summed E-state index contributed by atoms with van der Waals surface area (Å²) < 4.78 is 35.6. The molecule has 4 aromatic carbocycles. The average molecular weight is 707 g/mol. The van der Waals surface area contributed by atoms with Gasteiger partial charge < -0.3 is 15.0 Å². The number of halogens is 1. The number of hydrogen-bond donors (Lipinski definition) is 1. The Hall–Kier alpha value is -4.15. The molecule has 2 atom stereocenters. The van der Waals surface area contributed by atoms with Gasteiger partial charge in [0.25, 0.3) is 10.0 Å². The van der Waals surface area contributed by atoms with Crippen LogP contribution in [0, 0.1) is 6.92 Å². The van der Waals surface area contributed by atoms with Crippen LogP contribution in [0.2, 0.25) is 0 Å². The van der Waals surface area contributed by atoms with Crippen molar-refractivity contribution in [2.24, 2.45) is 0 Å². The maximum absolute atomic E-state index is 14.6. The Morgan fingerprint density at radius 2 is 1.54 bits per heavy atom. The third kappa shape index (κ3) is 8.98. The Labute approximate surface area is 280 Å². The first-order valence-corrected chi connectivity index (χ1v) is 17.4. The van der Waals surface area contributed by atoms with Crippen molar-refractivity contribution in [3.63, 3.8) is 0 Å². The predicted octanol–water partition coefficient (Wildman–Crippen LogP) is 6.52. The molecule has 8 nitrogen and oxygen atoms in total. The number of amides is 2. The zero-order chi connectivity index (χ0) is 33.3. The topological polar surface area (TPSA) is 96.0 Å². The molecule has 0 heterocycles. The normalized spacial score (nSPS) is 12.5. The van der Waals surface area contributed by atoms with E-state index in [0.29, 0.717) is 17.9 Å². The molecule has 0 saturated heterocycles. The summed E-state index contributed by atoms with van der Waals surface area (Å²) in [6.07, 6.45) is 0.958. The van der Waals surface area contributed by atoms with Crippen molar-refractivity contribution in [1.82, 2.24) is 10.2 Å². The maximum Gasteiger partial charge on any atom is 0.264 e. The molecule has 0 unspecified atom stereocenters. The van der Waals surface area contributed by atoms with Crippen LogP contribution in [-0.4, -0.2) is 50.9 Å². The van der Waals surface area contributed by atoms with Crippen molar-refractivity contribution in [2.45, 2.75) is 57.1 Å². The van der Waals surface area contributed by atoms with Crippen LogP contribution in [0.3, 0.4) is 0 Å². The number of ether oxygens (including phenoxy) is 1. The van der Waals surface area contributed by atoms with Gasteiger partial charge in [0.1, 0.15) is 18.3 Å². The highest BCUT2D eigenvalue weighted by Crippen LogP contribution is 2.27. The molecule has 0 aliphatic carbocycles. The largest absolute Gasteiger partial charge is 0.497 e. The summed E-state index contributed by atoms with van der Waals surface area (Å²) in [6.45, 7) is 5.32. The smallest absolute Gasteiger partial charge is 0.264 e. The number of rotatable bonds is 14. The van der Waals surface area contributed by atoms with Crippen molar-refractivity contribution < 1.29 is 22.7 Å². The Morgan fingerprint density at radius 1 is 0.891 bits per heavy atom. The predicted molar refractivity (Wildman–Crippen MR) is 185 cm³/mol. The quantitative estimate of drug-likeness (QED) is 0.161. The van der Waals surface area contributed by atoms with Gasteiger partial charge in [-0.05, 0) is 79.9 Å². The van der Waals surface area contributed by atoms with E-state index >= 15 is 0 Å². The third-order valence-corrected chi connectivity index (χ3v) is 10.0. The molecular weight excluding hydrogens is 666 g/mol. The highest BCUT2D eigenvalue weighted by molar-refractivity contribution is 9.10. The van der Waals surface area contributed by atoms with Gasteiger partial charge in [-0.1, -0.05) is 83.0 Å². The fraction of sp³-hybridized carbons (Fsp3) is 0.278. The fourth-order valence-electron chi connectivity index (χ4n) is 4.94. The third-order valence-electron chi connectivity index (χ3n) is 7.76. The Kier molecular flexibility index (Phi) is 12.0. The molecule has 0 radical (unpaired) electrons. The van der Waals surface area contributed by atoms with E-state index in [-0.39, 0.29) is 29.8 Å². The van der Waals surface area contributed by atoms with E-state index < -0.39 is 28.5 Å². The van der Waals surface area contributed by atoms with Crippen LogP contribution in [0.5, 0.6) is 5.75 Å². The van der Waals surface area contributed by atoms with Crippen LogP contribution < -0.4 is 14.4 Å². The SMILES string of the molecule is CC[C@@H](C)NC(=O)[C@H](Cc1ccccc1)N(Cc1cccc(Br)c1)C(=O)CN(c1ccc(OC)cc1)S(=O)(=O)c1ccc(C)cc1. The molecule has 46 heavy (non-hydrogen) atoms. The standard InChI is InChI=1S/C36H40BrN3O5S/c1-5-27(3)38-36(42)34(23-28-10-7-6-8-11-28)39(24-29-12-9-13-30(37)22-29)35(41)25-40(31-16-18-32(45-4)19-17-31)46(43,44)33-20-14-26(2)15-21-33/h6-22,27,34H,5,23-25H2,1-4H3,(H,38,42)/t27-,34+/m1/s1. The molecule has 0 aliphatic heterocycles. The molecule has 0 bridgehead atoms. The second-order valence-electron chi connectivity index (χ2n) is 11.2. The monoisotopic (exact) mass is 705 g/mol. The molecule has 0 fully saturated rings. The number of anilines is 1. The molecule has 2 amide bonds. The number of methoxy groups -OCH3 is 1. The minimum Gasteiger partial charge on any atom is -0.497 e. The first-order chi connectivity index (χ1) is 22.0. The minimum absolute atomic E-state index is 0.0515. The van der Waals surface area contributed by atoms with E-state index in [1.54, 1.807) is 36.4 Å². The second-order valence-corrected chi connectivity index (χ2v) is 14.0. The summed E-state index contributed by atoms with van der Waals surface area (Å²) >= 11 is 3.51. The number of nitrogens with one attached hydrogen (secondary N) is 1. The molecule has 4 aromatic rings. The Balaban J connectivity index is 1.81. The molecule has 0 spiro atoms. The van der Waals surface area contributed by atoms with Gasteiger partial charge in [-0.3, -0.25) is 13.9 Å². The zero-order valence-electron chi connectivity index (χ0n) is 26.5. The van der Waals surface area contributed by atoms with E-state index in [1.807, 2.05) is 75.4 Å². The highest BCUT2D eigenvalue weighted by atomic mass is 79.9. The summed E-state index contributed by atoms with van der Waals surface area (Å²) in [6, 6.07) is 29.0. The zero-order valence-corrected chi connectivity index (χ0v) is 28.9. The van der Waals surface area contributed by atoms with Crippen molar-refractivity contribution in [3.05, 3.63) is 124 Å². The van der Waals surface area contributed by atoms with Crippen LogP contribution in [0.15, 0.2) is 112 Å². The molecule has 1 N–H and O–H groups in total. The van der Waals surface area contributed by atoms with Crippen molar-refractivity contribution in [3.8, 4) is 5.75 Å². The van der Waals surface area contributed by atoms with E-state index in [9.17, 15) is 18.0 Å². The molecular formula is C36H40BrN3O5S. The fourth-order valence-corrected chi connectivity index (χ4v) is 6.80. The van der Waals surface area contributed by atoms with Gasteiger partial charge >= 0.3 is 0 Å². The molecule has 10 heteroatoms. The van der Waals surface area contributed by atoms with E-state index in [2.05, 4.69) is 21.2 Å². The second kappa shape index (κ2) is 15.9. The summed E-state index contributed by atoms with van der Waals surface area (Å²) in [4.78, 5) is 30.0. The maximum atomic E-state index is 14.6. The lowest BCUT2D eigenvalue weighted by atomic mass is 10.0. The minimum atomic E-state index is -4.19. The van der Waals surface area contributed by atoms with Gasteiger partial charge in [0.05, 0.1) is 17.7 Å². The number of carbonyl (C=O) groups excluding carboxylic acids is 2. The summed E-state index contributed by atoms with van der Waals surface area (Å²) in [5, 5.41) is 3.05. The highest BCUT2D eigenvalue weighted by Gasteiger charge is 2.35. The van der Waals surface area contributed by atoms with Gasteiger partial charge in [-0.15, -0.1) is 0 Å². The van der Waals surface area contributed by atoms with Gasteiger partial charge in [-0.2, -0.15) is 0 Å². The number of carbonyl (C=O) groups is 2. The molecule has 0 aromatic heterocycles. The Morgan fingerprint density at radius 3 is 2.15 bits per heavy atom. The van der Waals surface area contributed by atoms with Gasteiger partial charge in [0, 0.05) is 23.5 Å². The average Bonchev–Trinajstić information content (AvgIpc) is 3.05. The molecule has 4 rings (SSSR count). The number of hydrogen-bond acceptors (Lipinski definition) is 5. The molecule has 0 saturated carbocycles. The van der Waals surface area contributed by atoms with Crippen molar-refractivity contribution in [1.29, 1.82) is 0 Å². The number of benzene rings is 4. The first-order valence-electron chi connectivity index (χ1n) is 15.1. The van der Waals surface area contributed by atoms with Crippen molar-refractivity contribution in [2.75, 3.05) is 18.0 Å². The van der Waals surface area contributed by atoms with Crippen LogP contribution in [0.1, 0.15) is 37.0 Å². The van der Waals surface area contributed by atoms with Gasteiger partial charge in [0.15, 0.2) is 0 Å². The summed E-state index contributed by atoms with van der Waals surface area (Å²) in [5.41, 5.74) is 2.86. The lowest BCUT2D eigenvalue weighted by Crippen LogP contribution is -2.54. The lowest BCUT2D eigenvalue weighted by molar-refractivity contribution is -0.140. The summed E-state index contributed by atoms with van der Waals surface area (Å²) in [5.74, 6) is -0.283. The van der Waals surface area contributed by atoms with Crippen LogP contribution in [-0.2, 0) is 32.6 Å². The van der Waals surface area contributed by atoms with Crippen LogP contribution in [0.25, 0.3) is 0 Å². The first kappa shape index (κ1) is 34.7. The van der Waals surface area contributed by atoms with Gasteiger partial charge in [0.2, 0.25) is 11.8 Å². The number of nitrogens with zero attached hydrogens (tertiary/aromatic N) is 2. The Bertz CT molecular complexity index is 1720. The van der Waals surface area contributed by atoms with Crippen LogP contribution in [0.4, 0.5) is 5.69 Å². The van der Waals surface area contributed by atoms with Crippen molar-refractivity contribution >= 4 is 43.5 Å². The lowest BCUT2D eigenvalue weighted by Gasteiger charge is -2.34. The number of sulfonamides is 1. The van der Waals surface area contributed by atoms with Gasteiger partial charge in [-0.25, -0.2) is 8.42 Å². The molecule has 0 aliphatic rings. The van der Waals surface area contributed by atoms with E-state index in [4.69, 9.17) is 4.74 Å². The van der Waals surface area contributed by atoms with E-state index in [1.165, 1.54) is 24.1 Å². The van der Waals surface area contributed by atoms with Crippen LogP contribution >= 0.6 is 15.9 Å². The number of aryl methyl sites for hydroxylation is 1.